The lowest BCUT2D eigenvalue weighted by Gasteiger charge is -2.12. The minimum absolute atomic E-state index is 0.150. The van der Waals surface area contributed by atoms with Gasteiger partial charge in [-0.05, 0) is 42.5 Å². The maximum Gasteiger partial charge on any atom is 0.417 e. The van der Waals surface area contributed by atoms with Crippen LogP contribution < -0.4 is 0 Å². The van der Waals surface area contributed by atoms with Gasteiger partial charge in [0.2, 0.25) is 0 Å². The number of carbonyl (C=O) groups excluding carboxylic acids is 1. The molecule has 0 fully saturated rings. The molecule has 1 nitrogen and oxygen atoms in total. The first-order chi connectivity index (χ1) is 9.29. The highest BCUT2D eigenvalue weighted by atomic mass is 19.4. The fraction of sp³-hybridized carbons (Fsp3) is 0.0714. The first-order valence-corrected chi connectivity index (χ1v) is 5.46. The summed E-state index contributed by atoms with van der Waals surface area (Å²) in [5.41, 5.74) is -2.18. The summed E-state index contributed by atoms with van der Waals surface area (Å²) in [5.74, 6) is -2.60. The Morgan fingerprint density at radius 2 is 1.40 bits per heavy atom. The van der Waals surface area contributed by atoms with Gasteiger partial charge in [0, 0.05) is 11.1 Å². The van der Waals surface area contributed by atoms with Gasteiger partial charge in [-0.2, -0.15) is 13.2 Å². The highest BCUT2D eigenvalue weighted by Crippen LogP contribution is 2.33. The molecule has 2 aromatic rings. The molecule has 0 aliphatic heterocycles. The van der Waals surface area contributed by atoms with Crippen LogP contribution in [-0.2, 0) is 6.18 Å². The van der Waals surface area contributed by atoms with Gasteiger partial charge in [-0.25, -0.2) is 8.78 Å². The second-order valence-corrected chi connectivity index (χ2v) is 4.02. The molecule has 0 aromatic heterocycles. The number of hydrogen-bond donors (Lipinski definition) is 0. The topological polar surface area (TPSA) is 17.1 Å². The van der Waals surface area contributed by atoms with E-state index in [4.69, 9.17) is 0 Å². The molecule has 0 heterocycles. The van der Waals surface area contributed by atoms with Crippen LogP contribution in [0.25, 0.3) is 0 Å². The summed E-state index contributed by atoms with van der Waals surface area (Å²) in [4.78, 5) is 12.0. The van der Waals surface area contributed by atoms with E-state index in [0.717, 1.165) is 24.3 Å². The maximum atomic E-state index is 13.1. The van der Waals surface area contributed by atoms with Crippen LogP contribution in [-0.4, -0.2) is 5.78 Å². The van der Waals surface area contributed by atoms with Crippen molar-refractivity contribution in [3.8, 4) is 0 Å². The monoisotopic (exact) mass is 286 g/mol. The SMILES string of the molecule is O=C(c1ccc(F)cc1)c1cc(F)ccc1C(F)(F)F. The molecule has 2 rings (SSSR count). The quantitative estimate of drug-likeness (QED) is 0.597. The van der Waals surface area contributed by atoms with Gasteiger partial charge in [-0.15, -0.1) is 0 Å². The van der Waals surface area contributed by atoms with Crippen LogP contribution in [0.5, 0.6) is 0 Å². The molecule has 0 saturated carbocycles. The van der Waals surface area contributed by atoms with E-state index in [1.54, 1.807) is 0 Å². The van der Waals surface area contributed by atoms with E-state index in [2.05, 4.69) is 0 Å². The fourth-order valence-electron chi connectivity index (χ4n) is 1.71. The van der Waals surface area contributed by atoms with E-state index in [0.29, 0.717) is 18.2 Å². The molecule has 0 aliphatic rings. The lowest BCUT2D eigenvalue weighted by atomic mass is 9.98. The standard InChI is InChI=1S/C14H7F5O/c15-9-3-1-8(2-4-9)13(20)11-7-10(16)5-6-12(11)14(17,18)19/h1-7H. The normalized spacial score (nSPS) is 11.4. The van der Waals surface area contributed by atoms with Gasteiger partial charge in [0.25, 0.3) is 0 Å². The lowest BCUT2D eigenvalue weighted by Crippen LogP contribution is -2.14. The summed E-state index contributed by atoms with van der Waals surface area (Å²) in [6, 6.07) is 5.63. The van der Waals surface area contributed by atoms with Crippen molar-refractivity contribution in [2.75, 3.05) is 0 Å². The number of carbonyl (C=O) groups is 1. The van der Waals surface area contributed by atoms with Gasteiger partial charge in [0.15, 0.2) is 5.78 Å². The Labute approximate surface area is 110 Å². The molecule has 0 amide bonds. The molecule has 0 atom stereocenters. The van der Waals surface area contributed by atoms with Crippen molar-refractivity contribution in [1.29, 1.82) is 0 Å². The third kappa shape index (κ3) is 2.84. The molecule has 0 radical (unpaired) electrons. The highest BCUT2D eigenvalue weighted by molar-refractivity contribution is 6.10. The first-order valence-electron chi connectivity index (χ1n) is 5.46. The van der Waals surface area contributed by atoms with Crippen molar-refractivity contribution in [2.24, 2.45) is 0 Å². The first kappa shape index (κ1) is 14.2. The van der Waals surface area contributed by atoms with Crippen molar-refractivity contribution < 1.29 is 26.7 Å². The molecule has 2 aromatic carbocycles. The Balaban J connectivity index is 2.54. The van der Waals surface area contributed by atoms with Crippen molar-refractivity contribution >= 4 is 5.78 Å². The number of hydrogen-bond acceptors (Lipinski definition) is 1. The molecule has 0 bridgehead atoms. The molecule has 104 valence electrons. The minimum Gasteiger partial charge on any atom is -0.289 e. The summed E-state index contributed by atoms with van der Waals surface area (Å²) in [5, 5.41) is 0. The van der Waals surface area contributed by atoms with Crippen molar-refractivity contribution in [1.82, 2.24) is 0 Å². The van der Waals surface area contributed by atoms with Gasteiger partial charge in [0.05, 0.1) is 5.56 Å². The number of halogens is 5. The minimum atomic E-state index is -4.78. The zero-order valence-electron chi connectivity index (χ0n) is 9.84. The Morgan fingerprint density at radius 3 is 1.95 bits per heavy atom. The van der Waals surface area contributed by atoms with E-state index in [1.165, 1.54) is 0 Å². The van der Waals surface area contributed by atoms with Gasteiger partial charge in [-0.1, -0.05) is 0 Å². The largest absolute Gasteiger partial charge is 0.417 e. The van der Waals surface area contributed by atoms with E-state index >= 15 is 0 Å². The van der Waals surface area contributed by atoms with E-state index in [-0.39, 0.29) is 5.56 Å². The van der Waals surface area contributed by atoms with Crippen LogP contribution in [0, 0.1) is 11.6 Å². The molecule has 0 spiro atoms. The smallest absolute Gasteiger partial charge is 0.289 e. The van der Waals surface area contributed by atoms with E-state index in [9.17, 15) is 26.7 Å². The second kappa shape index (κ2) is 5.03. The zero-order chi connectivity index (χ0) is 14.9. The van der Waals surface area contributed by atoms with Crippen LogP contribution in [0.15, 0.2) is 42.5 Å². The maximum absolute atomic E-state index is 13.1. The van der Waals surface area contributed by atoms with Crippen molar-refractivity contribution in [3.05, 3.63) is 70.8 Å². The van der Waals surface area contributed by atoms with Crippen molar-refractivity contribution in [2.45, 2.75) is 6.18 Å². The van der Waals surface area contributed by atoms with Gasteiger partial charge in [0.1, 0.15) is 11.6 Å². The lowest BCUT2D eigenvalue weighted by molar-refractivity contribution is -0.137. The summed E-state index contributed by atoms with van der Waals surface area (Å²) in [7, 11) is 0. The Bertz CT molecular complexity index is 644. The molecule has 20 heavy (non-hydrogen) atoms. The van der Waals surface area contributed by atoms with Crippen LogP contribution in [0.2, 0.25) is 0 Å². The third-order valence-corrected chi connectivity index (χ3v) is 2.64. The Kier molecular flexibility index (Phi) is 3.57. The summed E-state index contributed by atoms with van der Waals surface area (Å²) < 4.78 is 64.2. The van der Waals surface area contributed by atoms with Crippen molar-refractivity contribution in [3.63, 3.8) is 0 Å². The molecular formula is C14H7F5O. The molecular weight excluding hydrogens is 279 g/mol. The summed E-state index contributed by atoms with van der Waals surface area (Å²) in [6.07, 6.45) is -4.78. The van der Waals surface area contributed by atoms with E-state index in [1.807, 2.05) is 0 Å². The second-order valence-electron chi connectivity index (χ2n) is 4.02. The number of benzene rings is 2. The fourth-order valence-corrected chi connectivity index (χ4v) is 1.71. The Hall–Kier alpha value is -2.24. The average molecular weight is 286 g/mol. The summed E-state index contributed by atoms with van der Waals surface area (Å²) in [6.45, 7) is 0. The Morgan fingerprint density at radius 1 is 0.850 bits per heavy atom. The zero-order valence-corrected chi connectivity index (χ0v) is 9.84. The number of ketones is 1. The molecule has 6 heteroatoms. The van der Waals surface area contributed by atoms with Gasteiger partial charge < -0.3 is 0 Å². The van der Waals surface area contributed by atoms with Gasteiger partial charge in [-0.3, -0.25) is 4.79 Å². The summed E-state index contributed by atoms with van der Waals surface area (Å²) >= 11 is 0. The molecule has 0 aliphatic carbocycles. The number of rotatable bonds is 2. The highest BCUT2D eigenvalue weighted by Gasteiger charge is 2.35. The van der Waals surface area contributed by atoms with Crippen LogP contribution in [0.3, 0.4) is 0 Å². The van der Waals surface area contributed by atoms with E-state index < -0.39 is 34.7 Å². The molecule has 0 N–H and O–H groups in total. The third-order valence-electron chi connectivity index (χ3n) is 2.64. The number of alkyl halides is 3. The van der Waals surface area contributed by atoms with Crippen LogP contribution in [0.1, 0.15) is 21.5 Å². The van der Waals surface area contributed by atoms with Crippen LogP contribution >= 0.6 is 0 Å². The average Bonchev–Trinajstić information content (AvgIpc) is 2.37. The predicted octanol–water partition coefficient (Wildman–Crippen LogP) is 4.21. The van der Waals surface area contributed by atoms with Gasteiger partial charge >= 0.3 is 6.18 Å². The predicted molar refractivity (Wildman–Crippen MR) is 61.2 cm³/mol. The molecule has 0 saturated heterocycles. The molecule has 0 unspecified atom stereocenters. The van der Waals surface area contributed by atoms with Crippen LogP contribution in [0.4, 0.5) is 22.0 Å².